The van der Waals surface area contributed by atoms with E-state index in [2.05, 4.69) is 5.32 Å². The number of nitrogens with two attached hydrogens (primary N) is 1. The van der Waals surface area contributed by atoms with Crippen molar-refractivity contribution in [1.82, 2.24) is 5.32 Å². The van der Waals surface area contributed by atoms with Gasteiger partial charge in [0.25, 0.3) is 0 Å². The monoisotopic (exact) mass is 323 g/mol. The van der Waals surface area contributed by atoms with Gasteiger partial charge in [-0.3, -0.25) is 9.59 Å². The van der Waals surface area contributed by atoms with Crippen molar-refractivity contribution in [2.45, 2.75) is 44.2 Å². The van der Waals surface area contributed by atoms with Gasteiger partial charge in [0.1, 0.15) is 0 Å². The molecule has 1 aliphatic carbocycles. The van der Waals surface area contributed by atoms with Crippen LogP contribution in [0.15, 0.2) is 24.3 Å². The molecule has 6 heteroatoms. The van der Waals surface area contributed by atoms with Crippen LogP contribution in [0.3, 0.4) is 0 Å². The third-order valence-corrected chi connectivity index (χ3v) is 4.27. The summed E-state index contributed by atoms with van der Waals surface area (Å²) in [5.74, 6) is 0.124. The summed E-state index contributed by atoms with van der Waals surface area (Å²) in [6.07, 6.45) is 4.22. The van der Waals surface area contributed by atoms with Gasteiger partial charge >= 0.3 is 0 Å². The van der Waals surface area contributed by atoms with Gasteiger partial charge in [0.15, 0.2) is 0 Å². The van der Waals surface area contributed by atoms with Gasteiger partial charge in [0.2, 0.25) is 11.8 Å². The van der Waals surface area contributed by atoms with Crippen LogP contribution in [-0.2, 0) is 16.1 Å². The second kappa shape index (κ2) is 6.67. The molecule has 1 aliphatic heterocycles. The quantitative estimate of drug-likeness (QED) is 0.886. The fourth-order valence-electron chi connectivity index (χ4n) is 2.59. The first-order valence-corrected chi connectivity index (χ1v) is 7.55. The number of amides is 2. The lowest BCUT2D eigenvalue weighted by Crippen LogP contribution is -2.42. The summed E-state index contributed by atoms with van der Waals surface area (Å²) >= 11 is 0. The molecule has 120 valence electrons. The highest BCUT2D eigenvalue weighted by atomic mass is 35.5. The zero-order valence-electron chi connectivity index (χ0n) is 12.5. The maximum Gasteiger partial charge on any atom is 0.240 e. The van der Waals surface area contributed by atoms with Gasteiger partial charge in [-0.15, -0.1) is 12.4 Å². The first-order valence-electron chi connectivity index (χ1n) is 7.55. The molecule has 0 aromatic heterocycles. The number of halogens is 1. The molecule has 0 bridgehead atoms. The van der Waals surface area contributed by atoms with E-state index < -0.39 is 5.54 Å². The summed E-state index contributed by atoms with van der Waals surface area (Å²) in [7, 11) is 0. The maximum atomic E-state index is 11.9. The zero-order chi connectivity index (χ0) is 14.9. The average molecular weight is 324 g/mol. The minimum absolute atomic E-state index is 0. The van der Waals surface area contributed by atoms with Crippen LogP contribution in [0.25, 0.3) is 0 Å². The van der Waals surface area contributed by atoms with Crippen molar-refractivity contribution in [2.24, 2.45) is 5.73 Å². The molecule has 2 aliphatic rings. The molecule has 1 aromatic carbocycles. The summed E-state index contributed by atoms with van der Waals surface area (Å²) in [5, 5.41) is 2.86. The molecular weight excluding hydrogens is 302 g/mol. The summed E-state index contributed by atoms with van der Waals surface area (Å²) < 4.78 is 0. The number of nitrogens with one attached hydrogen (secondary N) is 1. The molecule has 1 saturated carbocycles. The average Bonchev–Trinajstić information content (AvgIpc) is 3.25. The summed E-state index contributed by atoms with van der Waals surface area (Å²) in [4.78, 5) is 25.5. The molecule has 0 spiro atoms. The van der Waals surface area contributed by atoms with Crippen LogP contribution in [0, 0.1) is 0 Å². The number of carbonyl (C=O) groups excluding carboxylic acids is 2. The Balaban J connectivity index is 0.00000176. The van der Waals surface area contributed by atoms with Gasteiger partial charge < -0.3 is 16.0 Å². The van der Waals surface area contributed by atoms with Crippen LogP contribution in [-0.4, -0.2) is 23.9 Å². The molecule has 1 aromatic rings. The van der Waals surface area contributed by atoms with E-state index in [4.69, 9.17) is 5.73 Å². The van der Waals surface area contributed by atoms with Crippen LogP contribution in [0.1, 0.15) is 37.7 Å². The number of rotatable bonds is 4. The fraction of sp³-hybridized carbons (Fsp3) is 0.500. The second-order valence-electron chi connectivity index (χ2n) is 6.01. The SMILES string of the molecule is Cl.NC1(C(=O)NCc2ccc(N3CCCCC3=O)cc2)CC1. The van der Waals surface area contributed by atoms with E-state index in [-0.39, 0.29) is 24.2 Å². The molecule has 0 radical (unpaired) electrons. The van der Waals surface area contributed by atoms with Crippen LogP contribution in [0.2, 0.25) is 0 Å². The Morgan fingerprint density at radius 3 is 2.50 bits per heavy atom. The first kappa shape index (κ1) is 16.8. The van der Waals surface area contributed by atoms with Crippen molar-refractivity contribution < 1.29 is 9.59 Å². The standard InChI is InChI=1S/C16H21N3O2.ClH/c17-16(8-9-16)15(21)18-11-12-4-6-13(7-5-12)19-10-2-1-3-14(19)20;/h4-7H,1-3,8-11,17H2,(H,18,21);1H. The van der Waals surface area contributed by atoms with Gasteiger partial charge in [0.05, 0.1) is 5.54 Å². The van der Waals surface area contributed by atoms with Gasteiger partial charge in [0, 0.05) is 25.2 Å². The molecule has 1 saturated heterocycles. The minimum Gasteiger partial charge on any atom is -0.350 e. The second-order valence-corrected chi connectivity index (χ2v) is 6.01. The fourth-order valence-corrected chi connectivity index (χ4v) is 2.59. The molecule has 2 amide bonds. The van der Waals surface area contributed by atoms with E-state index in [1.807, 2.05) is 29.2 Å². The molecule has 5 nitrogen and oxygen atoms in total. The highest BCUT2D eigenvalue weighted by molar-refractivity contribution is 5.94. The van der Waals surface area contributed by atoms with E-state index >= 15 is 0 Å². The van der Waals surface area contributed by atoms with Gasteiger partial charge in [-0.2, -0.15) is 0 Å². The third-order valence-electron chi connectivity index (χ3n) is 4.27. The van der Waals surface area contributed by atoms with Crippen molar-refractivity contribution in [3.63, 3.8) is 0 Å². The van der Waals surface area contributed by atoms with Crippen LogP contribution in [0.4, 0.5) is 5.69 Å². The Hall–Kier alpha value is -1.59. The van der Waals surface area contributed by atoms with Crippen molar-refractivity contribution in [1.29, 1.82) is 0 Å². The van der Waals surface area contributed by atoms with Crippen molar-refractivity contribution in [3.05, 3.63) is 29.8 Å². The number of piperidine rings is 1. The Kier molecular flexibility index (Phi) is 5.08. The summed E-state index contributed by atoms with van der Waals surface area (Å²) in [6, 6.07) is 7.79. The predicted molar refractivity (Wildman–Crippen MR) is 87.9 cm³/mol. The molecule has 22 heavy (non-hydrogen) atoms. The third kappa shape index (κ3) is 3.59. The molecular formula is C16H22ClN3O2. The number of carbonyl (C=O) groups is 2. The molecule has 2 fully saturated rings. The van der Waals surface area contributed by atoms with Gasteiger partial charge in [-0.05, 0) is 43.4 Å². The van der Waals surface area contributed by atoms with E-state index in [0.717, 1.165) is 43.5 Å². The number of hydrogen-bond acceptors (Lipinski definition) is 3. The van der Waals surface area contributed by atoms with E-state index in [0.29, 0.717) is 13.0 Å². The van der Waals surface area contributed by atoms with Crippen molar-refractivity contribution in [3.8, 4) is 0 Å². The number of nitrogens with zero attached hydrogens (tertiary/aromatic N) is 1. The molecule has 0 atom stereocenters. The largest absolute Gasteiger partial charge is 0.350 e. The Labute approximate surface area is 136 Å². The Morgan fingerprint density at radius 1 is 1.23 bits per heavy atom. The Morgan fingerprint density at radius 2 is 1.91 bits per heavy atom. The number of benzene rings is 1. The van der Waals surface area contributed by atoms with Crippen LogP contribution < -0.4 is 16.0 Å². The van der Waals surface area contributed by atoms with Crippen molar-refractivity contribution in [2.75, 3.05) is 11.4 Å². The molecule has 0 unspecified atom stereocenters. The lowest BCUT2D eigenvalue weighted by molar-refractivity contribution is -0.123. The zero-order valence-corrected chi connectivity index (χ0v) is 13.3. The van der Waals surface area contributed by atoms with Gasteiger partial charge in [-0.1, -0.05) is 12.1 Å². The van der Waals surface area contributed by atoms with E-state index in [9.17, 15) is 9.59 Å². The number of anilines is 1. The highest BCUT2D eigenvalue weighted by Gasteiger charge is 2.45. The van der Waals surface area contributed by atoms with Gasteiger partial charge in [-0.25, -0.2) is 0 Å². The van der Waals surface area contributed by atoms with E-state index in [1.165, 1.54) is 0 Å². The first-order chi connectivity index (χ1) is 10.1. The normalized spacial score (nSPS) is 19.3. The van der Waals surface area contributed by atoms with E-state index in [1.54, 1.807) is 0 Å². The van der Waals surface area contributed by atoms with Crippen LogP contribution in [0.5, 0.6) is 0 Å². The molecule has 1 heterocycles. The smallest absolute Gasteiger partial charge is 0.240 e. The minimum atomic E-state index is -0.625. The Bertz CT molecular complexity index is 555. The van der Waals surface area contributed by atoms with Crippen LogP contribution >= 0.6 is 12.4 Å². The summed E-state index contributed by atoms with van der Waals surface area (Å²) in [5.41, 5.74) is 7.16. The summed E-state index contributed by atoms with van der Waals surface area (Å²) in [6.45, 7) is 1.27. The van der Waals surface area contributed by atoms with Crippen molar-refractivity contribution >= 4 is 29.9 Å². The molecule has 3 rings (SSSR count). The lowest BCUT2D eigenvalue weighted by Gasteiger charge is -2.26. The topological polar surface area (TPSA) is 75.4 Å². The number of hydrogen-bond donors (Lipinski definition) is 2. The highest BCUT2D eigenvalue weighted by Crippen LogP contribution is 2.32. The molecule has 3 N–H and O–H groups in total. The maximum absolute atomic E-state index is 11.9. The lowest BCUT2D eigenvalue weighted by atomic mass is 10.1. The predicted octanol–water partition coefficient (Wildman–Crippen LogP) is 1.73.